The van der Waals surface area contributed by atoms with E-state index in [9.17, 15) is 23.2 Å². The first kappa shape index (κ1) is 17.7. The summed E-state index contributed by atoms with van der Waals surface area (Å²) in [6.45, 7) is 4.53. The van der Waals surface area contributed by atoms with Crippen molar-refractivity contribution in [2.45, 2.75) is 38.2 Å². The number of hydrogen-bond donors (Lipinski definition) is 1. The van der Waals surface area contributed by atoms with E-state index in [0.29, 0.717) is 19.7 Å². The van der Waals surface area contributed by atoms with Gasteiger partial charge in [-0.2, -0.15) is 18.4 Å². The monoisotopic (exact) mass is 353 g/mol. The maximum absolute atomic E-state index is 13.5. The summed E-state index contributed by atoms with van der Waals surface area (Å²) in [6.07, 6.45) is -4.72. The van der Waals surface area contributed by atoms with E-state index in [2.05, 4.69) is 11.4 Å². The van der Waals surface area contributed by atoms with E-state index < -0.39 is 23.2 Å². The van der Waals surface area contributed by atoms with Crippen molar-refractivity contribution >= 4 is 5.91 Å². The van der Waals surface area contributed by atoms with Crippen LogP contribution in [-0.4, -0.2) is 36.6 Å². The summed E-state index contributed by atoms with van der Waals surface area (Å²) in [6, 6.07) is 4.56. The average molecular weight is 353 g/mol. The molecule has 0 radical (unpaired) electrons. The molecule has 1 saturated heterocycles. The molecule has 3 rings (SSSR count). The molecule has 2 heterocycles. The summed E-state index contributed by atoms with van der Waals surface area (Å²) in [5.41, 5.74) is -2.03. The lowest BCUT2D eigenvalue weighted by molar-refractivity contribution is -0.138. The zero-order valence-electron chi connectivity index (χ0n) is 13.9. The molecule has 25 heavy (non-hydrogen) atoms. The largest absolute Gasteiger partial charge is 0.416 e. The van der Waals surface area contributed by atoms with Crippen molar-refractivity contribution in [3.05, 3.63) is 34.4 Å². The molecule has 0 spiro atoms. The maximum atomic E-state index is 13.5. The minimum Gasteiger partial charge on any atom is -0.376 e. The Hall–Kier alpha value is -2.11. The van der Waals surface area contributed by atoms with Gasteiger partial charge in [-0.1, -0.05) is 0 Å². The van der Waals surface area contributed by atoms with E-state index >= 15 is 0 Å². The van der Waals surface area contributed by atoms with Gasteiger partial charge in [0.1, 0.15) is 5.54 Å². The second-order valence-corrected chi connectivity index (χ2v) is 6.54. The Labute approximate surface area is 143 Å². The van der Waals surface area contributed by atoms with Gasteiger partial charge >= 0.3 is 6.18 Å². The fraction of sp³-hybridized carbons (Fsp3) is 0.529. The molecule has 0 aliphatic carbocycles. The molecule has 0 aromatic heterocycles. The Kier molecular flexibility index (Phi) is 4.25. The molecule has 8 heteroatoms. The maximum Gasteiger partial charge on any atom is 0.416 e. The first-order valence-electron chi connectivity index (χ1n) is 7.97. The Morgan fingerprint density at radius 3 is 2.72 bits per heavy atom. The number of carbonyl (C=O) groups excluding carboxylic acids is 1. The number of nitriles is 1. The molecule has 1 amide bonds. The lowest BCUT2D eigenvalue weighted by atomic mass is 9.86. The van der Waals surface area contributed by atoms with Crippen LogP contribution in [0.3, 0.4) is 0 Å². The van der Waals surface area contributed by atoms with Crippen molar-refractivity contribution < 1.29 is 22.7 Å². The van der Waals surface area contributed by atoms with Gasteiger partial charge in [0.05, 0.1) is 24.3 Å². The van der Waals surface area contributed by atoms with E-state index in [1.807, 2.05) is 6.92 Å². The first-order valence-corrected chi connectivity index (χ1v) is 7.97. The molecule has 134 valence electrons. The molecule has 2 atom stereocenters. The Bertz CT molecular complexity index is 757. The molecular formula is C17H18F3N3O2. The van der Waals surface area contributed by atoms with Crippen molar-refractivity contribution in [2.24, 2.45) is 0 Å². The van der Waals surface area contributed by atoms with Crippen LogP contribution in [0.2, 0.25) is 0 Å². The third kappa shape index (κ3) is 2.98. The van der Waals surface area contributed by atoms with Crippen molar-refractivity contribution in [2.75, 3.05) is 19.7 Å². The number of carbonyl (C=O) groups is 1. The highest BCUT2D eigenvalue weighted by Gasteiger charge is 2.42. The third-order valence-corrected chi connectivity index (χ3v) is 4.88. The van der Waals surface area contributed by atoms with Gasteiger partial charge in [0.25, 0.3) is 5.91 Å². The summed E-state index contributed by atoms with van der Waals surface area (Å²) in [5, 5.41) is 12.2. The van der Waals surface area contributed by atoms with Crippen molar-refractivity contribution in [3.8, 4) is 6.07 Å². The van der Waals surface area contributed by atoms with Gasteiger partial charge in [0.2, 0.25) is 0 Å². The Balaban J connectivity index is 2.14. The standard InChI is InChI=1S/C17H18F3N3O2/c1-10-8-23(3-4-25-10)16(2,9-21)11-5-12-13(7-22-15(12)24)14(6-11)17(18,19)20/h5-6,10H,3-4,7-8H2,1-2H3,(H,22,24)/t10-,16?/m1/s1. The molecule has 0 saturated carbocycles. The summed E-state index contributed by atoms with van der Waals surface area (Å²) in [4.78, 5) is 13.7. The number of nitrogens with zero attached hydrogens (tertiary/aromatic N) is 2. The van der Waals surface area contributed by atoms with Crippen LogP contribution in [0, 0.1) is 11.3 Å². The molecule has 1 N–H and O–H groups in total. The van der Waals surface area contributed by atoms with Crippen LogP contribution in [0.5, 0.6) is 0 Å². The number of amides is 1. The molecule has 1 aromatic rings. The normalized spacial score (nSPS) is 23.5. The number of fused-ring (bicyclic) bond motifs is 1. The van der Waals surface area contributed by atoms with Gasteiger partial charge < -0.3 is 10.1 Å². The topological polar surface area (TPSA) is 65.4 Å². The highest BCUT2D eigenvalue weighted by atomic mass is 19.4. The molecule has 0 bridgehead atoms. The first-order chi connectivity index (χ1) is 11.7. The zero-order chi connectivity index (χ0) is 18.4. The second-order valence-electron chi connectivity index (χ2n) is 6.54. The van der Waals surface area contributed by atoms with Gasteiger partial charge in [0, 0.05) is 25.2 Å². The van der Waals surface area contributed by atoms with Crippen molar-refractivity contribution in [1.29, 1.82) is 5.26 Å². The van der Waals surface area contributed by atoms with Crippen LogP contribution in [0.25, 0.3) is 0 Å². The van der Waals surface area contributed by atoms with Crippen LogP contribution in [0.4, 0.5) is 13.2 Å². The predicted octanol–water partition coefficient (Wildman–Crippen LogP) is 2.41. The minimum atomic E-state index is -4.60. The molecule has 1 unspecified atom stereocenters. The quantitative estimate of drug-likeness (QED) is 0.887. The smallest absolute Gasteiger partial charge is 0.376 e. The third-order valence-electron chi connectivity index (χ3n) is 4.88. The van der Waals surface area contributed by atoms with Crippen LogP contribution in [0.15, 0.2) is 12.1 Å². The van der Waals surface area contributed by atoms with Gasteiger partial charge in [-0.3, -0.25) is 9.69 Å². The number of benzene rings is 1. The van der Waals surface area contributed by atoms with E-state index in [-0.39, 0.29) is 29.3 Å². The molecule has 1 fully saturated rings. The zero-order valence-corrected chi connectivity index (χ0v) is 13.9. The summed E-state index contributed by atoms with van der Waals surface area (Å²) >= 11 is 0. The number of alkyl halides is 3. The molecule has 1 aromatic carbocycles. The SMILES string of the molecule is C[C@@H]1CN(C(C)(C#N)c2cc3c(c(C(F)(F)F)c2)CNC3=O)CCO1. The lowest BCUT2D eigenvalue weighted by Gasteiger charge is -2.41. The number of rotatable bonds is 2. The number of hydrogen-bond acceptors (Lipinski definition) is 4. The highest BCUT2D eigenvalue weighted by molar-refractivity contribution is 5.99. The molecule has 2 aliphatic rings. The van der Waals surface area contributed by atoms with Crippen LogP contribution >= 0.6 is 0 Å². The minimum absolute atomic E-state index is 0.00684. The van der Waals surface area contributed by atoms with Gasteiger partial charge in [-0.05, 0) is 37.1 Å². The summed E-state index contributed by atoms with van der Waals surface area (Å²) in [5.74, 6) is -0.544. The summed E-state index contributed by atoms with van der Waals surface area (Å²) < 4.78 is 45.9. The average Bonchev–Trinajstić information content (AvgIpc) is 2.93. The second kappa shape index (κ2) is 6.00. The molecule has 5 nitrogen and oxygen atoms in total. The van der Waals surface area contributed by atoms with E-state index in [1.54, 1.807) is 11.8 Å². The van der Waals surface area contributed by atoms with Crippen LogP contribution < -0.4 is 5.32 Å². The number of morpholine rings is 1. The lowest BCUT2D eigenvalue weighted by Crippen LogP contribution is -2.51. The highest BCUT2D eigenvalue weighted by Crippen LogP contribution is 2.39. The Morgan fingerprint density at radius 1 is 1.40 bits per heavy atom. The number of halogens is 3. The van der Waals surface area contributed by atoms with E-state index in [1.165, 1.54) is 6.07 Å². The van der Waals surface area contributed by atoms with Crippen molar-refractivity contribution in [3.63, 3.8) is 0 Å². The van der Waals surface area contributed by atoms with E-state index in [0.717, 1.165) is 6.07 Å². The molecule has 2 aliphatic heterocycles. The predicted molar refractivity (Wildman–Crippen MR) is 82.6 cm³/mol. The van der Waals surface area contributed by atoms with Gasteiger partial charge in [-0.25, -0.2) is 0 Å². The van der Waals surface area contributed by atoms with Gasteiger partial charge in [-0.15, -0.1) is 0 Å². The number of nitrogens with one attached hydrogen (secondary N) is 1. The Morgan fingerprint density at radius 2 is 2.12 bits per heavy atom. The summed E-state index contributed by atoms with van der Waals surface area (Å²) in [7, 11) is 0. The van der Waals surface area contributed by atoms with Crippen LogP contribution in [-0.2, 0) is 23.0 Å². The fourth-order valence-corrected chi connectivity index (χ4v) is 3.41. The van der Waals surface area contributed by atoms with Gasteiger partial charge in [0.15, 0.2) is 0 Å². The fourth-order valence-electron chi connectivity index (χ4n) is 3.41. The van der Waals surface area contributed by atoms with E-state index in [4.69, 9.17) is 4.74 Å². The van der Waals surface area contributed by atoms with Crippen LogP contribution in [0.1, 0.15) is 40.9 Å². The molecular weight excluding hydrogens is 335 g/mol. The number of ether oxygens (including phenoxy) is 1. The van der Waals surface area contributed by atoms with Crippen molar-refractivity contribution in [1.82, 2.24) is 10.2 Å².